The van der Waals surface area contributed by atoms with Crippen LogP contribution in [0.5, 0.6) is 0 Å². The fraction of sp³-hybridized carbons (Fsp3) is 0.524. The van der Waals surface area contributed by atoms with Gasteiger partial charge >= 0.3 is 5.97 Å². The molecule has 0 aromatic heterocycles. The number of hydrogen-bond donors (Lipinski definition) is 1. The van der Waals surface area contributed by atoms with Gasteiger partial charge in [-0.15, -0.1) is 0 Å². The molecule has 0 saturated heterocycles. The highest BCUT2D eigenvalue weighted by Crippen LogP contribution is 2.38. The second kappa shape index (κ2) is 10.8. The smallest absolute Gasteiger partial charge is 0.313 e. The number of aliphatic hydroxyl groups is 1. The zero-order valence-electron chi connectivity index (χ0n) is 15.5. The highest BCUT2D eigenvalue weighted by atomic mass is 35.5. The molecule has 1 aliphatic rings. The molecule has 0 heterocycles. The summed E-state index contributed by atoms with van der Waals surface area (Å²) in [6.07, 6.45) is 8.89. The third kappa shape index (κ3) is 6.95. The number of ketones is 1. The van der Waals surface area contributed by atoms with Gasteiger partial charge in [0.1, 0.15) is 12.2 Å². The Morgan fingerprint density at radius 3 is 2.52 bits per heavy atom. The van der Waals surface area contributed by atoms with Crippen LogP contribution in [0, 0.1) is 0 Å². The Morgan fingerprint density at radius 2 is 1.89 bits per heavy atom. The van der Waals surface area contributed by atoms with Crippen molar-refractivity contribution in [2.75, 3.05) is 7.11 Å². The van der Waals surface area contributed by atoms with E-state index in [4.69, 9.17) is 23.2 Å². The second-order valence-corrected chi connectivity index (χ2v) is 7.84. The molecule has 27 heavy (non-hydrogen) atoms. The van der Waals surface area contributed by atoms with Crippen LogP contribution >= 0.6 is 23.2 Å². The third-order valence-electron chi connectivity index (χ3n) is 4.91. The van der Waals surface area contributed by atoms with Crippen LogP contribution in [-0.2, 0) is 14.3 Å². The maximum atomic E-state index is 11.8. The van der Waals surface area contributed by atoms with Crippen molar-refractivity contribution in [1.29, 1.82) is 0 Å². The maximum Gasteiger partial charge on any atom is 0.313 e. The van der Waals surface area contributed by atoms with E-state index in [-0.39, 0.29) is 18.6 Å². The summed E-state index contributed by atoms with van der Waals surface area (Å²) in [4.78, 5) is 22.9. The van der Waals surface area contributed by atoms with Gasteiger partial charge in [-0.25, -0.2) is 0 Å². The van der Waals surface area contributed by atoms with Crippen LogP contribution in [0.15, 0.2) is 18.2 Å². The van der Waals surface area contributed by atoms with Crippen molar-refractivity contribution in [3.05, 3.63) is 39.4 Å². The number of carbonyl (C=O) groups is 2. The van der Waals surface area contributed by atoms with Gasteiger partial charge in [0.2, 0.25) is 0 Å². The molecule has 0 bridgehead atoms. The van der Waals surface area contributed by atoms with Crippen molar-refractivity contribution in [2.45, 2.75) is 63.4 Å². The summed E-state index contributed by atoms with van der Waals surface area (Å²) in [5.41, 5.74) is 1.94. The summed E-state index contributed by atoms with van der Waals surface area (Å²) in [6.45, 7) is 0. The first-order chi connectivity index (χ1) is 12.9. The predicted molar refractivity (Wildman–Crippen MR) is 108 cm³/mol. The Labute approximate surface area is 170 Å². The second-order valence-electron chi connectivity index (χ2n) is 7.00. The maximum absolute atomic E-state index is 11.8. The Kier molecular flexibility index (Phi) is 8.81. The number of Topliss-reactive ketones (excluding diaryl/α,β-unsaturated/α-hetero) is 1. The molecule has 0 radical (unpaired) electrons. The van der Waals surface area contributed by atoms with Crippen LogP contribution in [-0.4, -0.2) is 30.1 Å². The molecule has 1 N–H and O–H groups in total. The van der Waals surface area contributed by atoms with E-state index in [1.807, 2.05) is 6.07 Å². The zero-order chi connectivity index (χ0) is 19.8. The van der Waals surface area contributed by atoms with Crippen molar-refractivity contribution in [3.8, 4) is 0 Å². The topological polar surface area (TPSA) is 63.6 Å². The highest BCUT2D eigenvalue weighted by molar-refractivity contribution is 6.35. The van der Waals surface area contributed by atoms with E-state index in [2.05, 4.69) is 4.74 Å². The van der Waals surface area contributed by atoms with Gasteiger partial charge in [0.15, 0.2) is 0 Å². The molecule has 0 aliphatic heterocycles. The van der Waals surface area contributed by atoms with Crippen LogP contribution in [0.1, 0.15) is 68.4 Å². The minimum Gasteiger partial charge on any atom is -0.469 e. The Hall–Kier alpha value is -1.36. The van der Waals surface area contributed by atoms with E-state index in [0.29, 0.717) is 16.0 Å². The molecule has 0 spiro atoms. The molecule has 0 amide bonds. The van der Waals surface area contributed by atoms with E-state index in [1.54, 1.807) is 18.2 Å². The molecule has 6 heteroatoms. The van der Waals surface area contributed by atoms with Crippen LogP contribution in [0.3, 0.4) is 0 Å². The van der Waals surface area contributed by atoms with Gasteiger partial charge in [0.25, 0.3) is 0 Å². The lowest BCUT2D eigenvalue weighted by Crippen LogP contribution is -2.15. The van der Waals surface area contributed by atoms with E-state index in [1.165, 1.54) is 32.8 Å². The normalized spacial score (nSPS) is 16.9. The van der Waals surface area contributed by atoms with Crippen LogP contribution in [0.2, 0.25) is 10.0 Å². The SMILES string of the molecule is COC(=O)CC(=O)CC(O)/C=C/c1c(Cl)cc(Cl)cc1C1CCCCCC1. The fourth-order valence-corrected chi connectivity index (χ4v) is 4.09. The fourth-order valence-electron chi connectivity index (χ4n) is 3.52. The summed E-state index contributed by atoms with van der Waals surface area (Å²) in [5, 5.41) is 11.3. The van der Waals surface area contributed by atoms with Crippen molar-refractivity contribution in [3.63, 3.8) is 0 Å². The Balaban J connectivity index is 2.15. The standard InChI is InChI=1S/C21H26Cl2O4/c1-27-21(26)13-17(25)12-16(24)8-9-18-19(10-15(22)11-20(18)23)14-6-4-2-3-5-7-14/h8-11,14,16,24H,2-7,12-13H2,1H3/b9-8+. The predicted octanol–water partition coefficient (Wildman–Crippen LogP) is 5.33. The number of benzene rings is 1. The van der Waals surface area contributed by atoms with Crippen LogP contribution in [0.25, 0.3) is 6.08 Å². The summed E-state index contributed by atoms with van der Waals surface area (Å²) in [7, 11) is 1.23. The minimum atomic E-state index is -0.990. The lowest BCUT2D eigenvalue weighted by Gasteiger charge is -2.19. The van der Waals surface area contributed by atoms with Gasteiger partial charge in [-0.3, -0.25) is 9.59 Å². The molecular formula is C21H26Cl2O4. The zero-order valence-corrected chi connectivity index (χ0v) is 17.1. The van der Waals surface area contributed by atoms with E-state index in [0.717, 1.165) is 24.0 Å². The number of methoxy groups -OCH3 is 1. The molecule has 4 nitrogen and oxygen atoms in total. The van der Waals surface area contributed by atoms with E-state index >= 15 is 0 Å². The molecule has 1 fully saturated rings. The van der Waals surface area contributed by atoms with Gasteiger partial charge in [-0.05, 0) is 42.0 Å². The van der Waals surface area contributed by atoms with Gasteiger partial charge in [0.05, 0.1) is 13.2 Å². The summed E-state index contributed by atoms with van der Waals surface area (Å²) >= 11 is 12.7. The van der Waals surface area contributed by atoms with E-state index < -0.39 is 12.1 Å². The number of esters is 1. The highest BCUT2D eigenvalue weighted by Gasteiger charge is 2.19. The average Bonchev–Trinajstić information content (AvgIpc) is 2.89. The number of aliphatic hydroxyl groups excluding tert-OH is 1. The lowest BCUT2D eigenvalue weighted by molar-refractivity contribution is -0.143. The van der Waals surface area contributed by atoms with Crippen LogP contribution < -0.4 is 0 Å². The van der Waals surface area contributed by atoms with Gasteiger partial charge < -0.3 is 9.84 Å². The van der Waals surface area contributed by atoms with Crippen molar-refractivity contribution in [1.82, 2.24) is 0 Å². The number of ether oxygens (including phenoxy) is 1. The van der Waals surface area contributed by atoms with Gasteiger partial charge in [-0.1, -0.05) is 61.0 Å². The first-order valence-electron chi connectivity index (χ1n) is 9.34. The molecule has 1 aliphatic carbocycles. The molecule has 1 atom stereocenters. The third-order valence-corrected chi connectivity index (χ3v) is 5.44. The first-order valence-corrected chi connectivity index (χ1v) is 10.1. The quantitative estimate of drug-likeness (QED) is 0.373. The minimum absolute atomic E-state index is 0.143. The van der Waals surface area contributed by atoms with Crippen molar-refractivity contribution < 1.29 is 19.4 Å². The summed E-state index contributed by atoms with van der Waals surface area (Å²) in [6, 6.07) is 3.65. The molecule has 1 aromatic carbocycles. The first kappa shape index (κ1) is 21.9. The number of rotatable bonds is 7. The monoisotopic (exact) mass is 412 g/mol. The number of carbonyl (C=O) groups excluding carboxylic acids is 2. The largest absolute Gasteiger partial charge is 0.469 e. The van der Waals surface area contributed by atoms with Crippen LogP contribution in [0.4, 0.5) is 0 Å². The Morgan fingerprint density at radius 1 is 1.22 bits per heavy atom. The average molecular weight is 413 g/mol. The molecule has 1 unspecified atom stereocenters. The van der Waals surface area contributed by atoms with Crippen molar-refractivity contribution in [2.24, 2.45) is 0 Å². The number of hydrogen-bond acceptors (Lipinski definition) is 4. The number of halogens is 2. The summed E-state index contributed by atoms with van der Waals surface area (Å²) < 4.78 is 4.46. The summed E-state index contributed by atoms with van der Waals surface area (Å²) in [5.74, 6) is -0.584. The molecule has 2 rings (SSSR count). The van der Waals surface area contributed by atoms with Gasteiger partial charge in [0, 0.05) is 16.5 Å². The van der Waals surface area contributed by atoms with Gasteiger partial charge in [-0.2, -0.15) is 0 Å². The van der Waals surface area contributed by atoms with Crippen molar-refractivity contribution >= 4 is 41.0 Å². The lowest BCUT2D eigenvalue weighted by atomic mass is 9.88. The van der Waals surface area contributed by atoms with E-state index in [9.17, 15) is 14.7 Å². The molecule has 1 aromatic rings. The molecular weight excluding hydrogens is 387 g/mol. The molecule has 148 valence electrons. The molecule has 1 saturated carbocycles. The Bertz CT molecular complexity index is 692.